The maximum atomic E-state index is 6.41. The van der Waals surface area contributed by atoms with Crippen molar-refractivity contribution >= 4 is 8.07 Å². The lowest BCUT2D eigenvalue weighted by Gasteiger charge is -2.54. The van der Waals surface area contributed by atoms with E-state index in [-0.39, 0.29) is 0 Å². The molecule has 1 atom stereocenters. The summed E-state index contributed by atoms with van der Waals surface area (Å²) >= 11 is 0. The van der Waals surface area contributed by atoms with Gasteiger partial charge in [0.15, 0.2) is 0 Å². The molecule has 16 heavy (non-hydrogen) atoms. The standard InChI is InChI=1S/C14H24OSi/c1-16(2,3)13-14(15-13)11-5-9-4-10(7-11)8-12(14)6-9/h9-13H,4-8H2,1-3H3. The van der Waals surface area contributed by atoms with Crippen molar-refractivity contribution in [3.63, 3.8) is 0 Å². The van der Waals surface area contributed by atoms with E-state index in [2.05, 4.69) is 19.6 Å². The Morgan fingerprint density at radius 3 is 1.75 bits per heavy atom. The van der Waals surface area contributed by atoms with E-state index in [9.17, 15) is 0 Å². The van der Waals surface area contributed by atoms with Gasteiger partial charge in [0, 0.05) is 0 Å². The van der Waals surface area contributed by atoms with Gasteiger partial charge < -0.3 is 4.74 Å². The van der Waals surface area contributed by atoms with Crippen LogP contribution >= 0.6 is 0 Å². The Bertz CT molecular complexity index is 302. The second-order valence-electron chi connectivity index (χ2n) is 8.02. The van der Waals surface area contributed by atoms with Crippen molar-refractivity contribution in [2.24, 2.45) is 23.7 Å². The monoisotopic (exact) mass is 236 g/mol. The van der Waals surface area contributed by atoms with Crippen LogP contribution in [0.2, 0.25) is 19.6 Å². The van der Waals surface area contributed by atoms with Gasteiger partial charge in [0.2, 0.25) is 0 Å². The second-order valence-corrected chi connectivity index (χ2v) is 13.3. The van der Waals surface area contributed by atoms with Crippen molar-refractivity contribution in [2.45, 2.75) is 63.1 Å². The number of ether oxygens (including phenoxy) is 1. The van der Waals surface area contributed by atoms with E-state index in [1.165, 1.54) is 25.7 Å². The lowest BCUT2D eigenvalue weighted by molar-refractivity contribution is -0.0556. The van der Waals surface area contributed by atoms with Crippen molar-refractivity contribution in [1.82, 2.24) is 0 Å². The van der Waals surface area contributed by atoms with Crippen LogP contribution in [0.3, 0.4) is 0 Å². The molecule has 1 aliphatic heterocycles. The fourth-order valence-electron chi connectivity index (χ4n) is 5.57. The Labute approximate surface area is 100.0 Å². The first-order valence-corrected chi connectivity index (χ1v) is 10.8. The SMILES string of the molecule is C[Si](C)(C)C1OC12C1CC3CC(C1)CC2C3. The topological polar surface area (TPSA) is 12.5 Å². The number of hydrogen-bond acceptors (Lipinski definition) is 1. The van der Waals surface area contributed by atoms with E-state index in [4.69, 9.17) is 4.74 Å². The highest BCUT2D eigenvalue weighted by Gasteiger charge is 2.73. The minimum absolute atomic E-state index is 0.415. The zero-order valence-corrected chi connectivity index (χ0v) is 11.8. The Balaban J connectivity index is 1.67. The zero-order valence-electron chi connectivity index (χ0n) is 10.8. The molecule has 1 spiro atoms. The molecule has 0 N–H and O–H groups in total. The van der Waals surface area contributed by atoms with Gasteiger partial charge in [0.1, 0.15) is 0 Å². The van der Waals surface area contributed by atoms with Crippen molar-refractivity contribution in [3.05, 3.63) is 0 Å². The summed E-state index contributed by atoms with van der Waals surface area (Å²) < 4.78 is 6.41. The minimum atomic E-state index is -1.08. The Kier molecular flexibility index (Phi) is 1.75. The molecule has 4 aliphatic carbocycles. The second kappa shape index (κ2) is 2.77. The van der Waals surface area contributed by atoms with Gasteiger partial charge in [0.25, 0.3) is 0 Å². The smallest absolute Gasteiger partial charge is 0.0970 e. The average molecular weight is 236 g/mol. The third-order valence-corrected chi connectivity index (χ3v) is 8.02. The summed E-state index contributed by atoms with van der Waals surface area (Å²) in [5.74, 6) is 4.08. The quantitative estimate of drug-likeness (QED) is 0.502. The summed E-state index contributed by atoms with van der Waals surface area (Å²) in [5, 5.41) is 0. The molecule has 0 aromatic carbocycles. The summed E-state index contributed by atoms with van der Waals surface area (Å²) in [7, 11) is -1.08. The summed E-state index contributed by atoms with van der Waals surface area (Å²) in [6.07, 6.45) is 7.59. The van der Waals surface area contributed by atoms with E-state index in [0.29, 0.717) is 11.3 Å². The van der Waals surface area contributed by atoms with Gasteiger partial charge in [-0.2, -0.15) is 0 Å². The Hall–Kier alpha value is 0.177. The molecule has 0 aromatic rings. The molecule has 5 fully saturated rings. The van der Waals surface area contributed by atoms with E-state index >= 15 is 0 Å². The normalized spacial score (nSPS) is 58.3. The molecule has 90 valence electrons. The third kappa shape index (κ3) is 1.11. The van der Waals surface area contributed by atoms with E-state index in [1.807, 2.05) is 0 Å². The van der Waals surface area contributed by atoms with Gasteiger partial charge in [-0.1, -0.05) is 19.6 Å². The van der Waals surface area contributed by atoms with Crippen LogP contribution in [0, 0.1) is 23.7 Å². The van der Waals surface area contributed by atoms with Gasteiger partial charge in [-0.05, 0) is 55.8 Å². The fourth-order valence-corrected chi connectivity index (χ4v) is 7.95. The van der Waals surface area contributed by atoms with Gasteiger partial charge in [0.05, 0.1) is 19.4 Å². The maximum absolute atomic E-state index is 6.41. The third-order valence-electron chi connectivity index (χ3n) is 5.88. The summed E-state index contributed by atoms with van der Waals surface area (Å²) in [5.41, 5.74) is 1.12. The highest BCUT2D eigenvalue weighted by molar-refractivity contribution is 6.78. The molecule has 5 rings (SSSR count). The molecule has 4 saturated carbocycles. The molecule has 2 heteroatoms. The molecule has 1 saturated heterocycles. The highest BCUT2D eigenvalue weighted by atomic mass is 28.3. The number of epoxide rings is 1. The average Bonchev–Trinajstić information content (AvgIpc) is 2.88. The molecular weight excluding hydrogens is 212 g/mol. The first-order valence-electron chi connectivity index (χ1n) is 7.18. The molecular formula is C14H24OSi. The molecule has 4 bridgehead atoms. The van der Waals surface area contributed by atoms with Gasteiger partial charge in [-0.25, -0.2) is 0 Å². The van der Waals surface area contributed by atoms with Crippen LogP contribution in [0.15, 0.2) is 0 Å². The highest BCUT2D eigenvalue weighted by Crippen LogP contribution is 2.68. The maximum Gasteiger partial charge on any atom is 0.0970 e. The van der Waals surface area contributed by atoms with Crippen LogP contribution < -0.4 is 0 Å². The Morgan fingerprint density at radius 2 is 1.38 bits per heavy atom. The van der Waals surface area contributed by atoms with Gasteiger partial charge >= 0.3 is 0 Å². The predicted octanol–water partition coefficient (Wildman–Crippen LogP) is 3.46. The number of hydrogen-bond donors (Lipinski definition) is 0. The largest absolute Gasteiger partial charge is 0.369 e. The van der Waals surface area contributed by atoms with Crippen molar-refractivity contribution < 1.29 is 4.74 Å². The summed E-state index contributed by atoms with van der Waals surface area (Å²) in [6, 6.07) is 0. The molecule has 0 radical (unpaired) electrons. The van der Waals surface area contributed by atoms with Crippen LogP contribution in [-0.4, -0.2) is 19.4 Å². The first kappa shape index (κ1) is 10.1. The summed E-state index contributed by atoms with van der Waals surface area (Å²) in [4.78, 5) is 0. The fraction of sp³-hybridized carbons (Fsp3) is 1.00. The van der Waals surface area contributed by atoms with Crippen LogP contribution in [0.1, 0.15) is 32.1 Å². The van der Waals surface area contributed by atoms with Crippen molar-refractivity contribution in [3.8, 4) is 0 Å². The lowest BCUT2D eigenvalue weighted by atomic mass is 9.51. The zero-order chi connectivity index (χ0) is 11.1. The molecule has 1 nitrogen and oxygen atoms in total. The lowest BCUT2D eigenvalue weighted by Crippen LogP contribution is -2.54. The molecule has 5 aliphatic rings. The van der Waals surface area contributed by atoms with Crippen LogP contribution in [0.25, 0.3) is 0 Å². The summed E-state index contributed by atoms with van der Waals surface area (Å²) in [6.45, 7) is 7.49. The van der Waals surface area contributed by atoms with E-state index in [1.54, 1.807) is 6.42 Å². The Morgan fingerprint density at radius 1 is 0.875 bits per heavy atom. The van der Waals surface area contributed by atoms with Crippen LogP contribution in [0.5, 0.6) is 0 Å². The molecule has 0 amide bonds. The van der Waals surface area contributed by atoms with Crippen LogP contribution in [0.4, 0.5) is 0 Å². The molecule has 0 aromatic heterocycles. The van der Waals surface area contributed by atoms with Gasteiger partial charge in [-0.15, -0.1) is 0 Å². The van der Waals surface area contributed by atoms with E-state index in [0.717, 1.165) is 23.7 Å². The first-order chi connectivity index (χ1) is 7.50. The van der Waals surface area contributed by atoms with Gasteiger partial charge in [-0.3, -0.25) is 0 Å². The van der Waals surface area contributed by atoms with Crippen molar-refractivity contribution in [1.29, 1.82) is 0 Å². The molecule has 1 unspecified atom stereocenters. The molecule has 1 heterocycles. The predicted molar refractivity (Wildman–Crippen MR) is 68.0 cm³/mol. The van der Waals surface area contributed by atoms with Crippen LogP contribution in [-0.2, 0) is 4.74 Å². The number of rotatable bonds is 1. The van der Waals surface area contributed by atoms with E-state index < -0.39 is 8.07 Å². The van der Waals surface area contributed by atoms with Crippen molar-refractivity contribution in [2.75, 3.05) is 0 Å². The minimum Gasteiger partial charge on any atom is -0.369 e.